The molecule has 0 aromatic carbocycles. The summed E-state index contributed by atoms with van der Waals surface area (Å²) in [5.74, 6) is -15.3. The number of carbonyl (C=O) groups excluding carboxylic acids is 10. The zero-order valence-corrected chi connectivity index (χ0v) is 42.6. The molecule has 0 unspecified atom stereocenters. The molecule has 0 aliphatic rings. The van der Waals surface area contributed by atoms with Crippen molar-refractivity contribution in [3.63, 3.8) is 0 Å². The quantitative estimate of drug-likeness (QED) is 0.0603. The molecule has 0 bridgehead atoms. The van der Waals surface area contributed by atoms with Gasteiger partial charge in [0.05, 0.1) is 59.7 Å². The van der Waals surface area contributed by atoms with E-state index in [1.54, 1.807) is 0 Å². The van der Waals surface area contributed by atoms with E-state index in [-0.39, 0.29) is 299 Å². The van der Waals surface area contributed by atoms with Gasteiger partial charge in [-0.15, -0.1) is 0 Å². The molecule has 0 rings (SSSR count). The number of nitrogens with zero attached hydrogens (tertiary/aromatic N) is 6. The summed E-state index contributed by atoms with van der Waals surface area (Å²) in [6, 6.07) is 0. The van der Waals surface area contributed by atoms with Gasteiger partial charge in [0.1, 0.15) is 0 Å². The number of hydrogen-bond acceptors (Lipinski definition) is 26. The van der Waals surface area contributed by atoms with Crippen LogP contribution in [0, 0.1) is 247 Å². The van der Waals surface area contributed by atoms with E-state index < -0.39 is 125 Å². The van der Waals surface area contributed by atoms with Gasteiger partial charge in [-0.1, -0.05) is 0 Å². The number of carboxylic acid groups (broad SMARTS) is 10. The van der Waals surface area contributed by atoms with Crippen LogP contribution in [0.5, 0.6) is 0 Å². The summed E-state index contributed by atoms with van der Waals surface area (Å²) in [7, 11) is 0. The van der Waals surface area contributed by atoms with Gasteiger partial charge in [-0.3, -0.25) is 29.4 Å². The molecule has 31 heteroatoms. The monoisotopic (exact) mass is 1540 g/mol. The molecule has 59 heavy (non-hydrogen) atoms. The molecular formula is C28H36Eu5N6O20. The van der Waals surface area contributed by atoms with Gasteiger partial charge in [-0.05, 0) is 0 Å². The molecule has 0 atom stereocenters. The molecular weight excluding hydrogens is 1500 g/mol. The predicted molar refractivity (Wildman–Crippen MR) is 149 cm³/mol. The van der Waals surface area contributed by atoms with Crippen LogP contribution in [0.4, 0.5) is 0 Å². The molecule has 0 spiro atoms. The maximum Gasteiger partial charge on any atom is 2.00 e. The van der Waals surface area contributed by atoms with Crippen molar-refractivity contribution in [1.29, 1.82) is 0 Å². The van der Waals surface area contributed by atoms with Gasteiger partial charge >= 0.3 is 247 Å². The standard InChI is InChI=1S/2C14H23N3O10.5Eu/c2*18-10(19)5-15(1-3-16(6-11(20)21)7-12(22)23)2-4-17(8-13(24)25)9-14(26)27;;;;;/h2*1-9H2,(H,18,19)(H,20,21)(H,22,23)(H,24,25)(H,26,27);;;;;/q;;5*+2/p-10. The van der Waals surface area contributed by atoms with E-state index >= 15 is 0 Å². The molecule has 333 valence electrons. The van der Waals surface area contributed by atoms with Gasteiger partial charge in [-0.2, -0.15) is 0 Å². The van der Waals surface area contributed by atoms with Crippen LogP contribution in [0.1, 0.15) is 0 Å². The number of carboxylic acids is 10. The van der Waals surface area contributed by atoms with Crippen LogP contribution in [0.15, 0.2) is 0 Å². The van der Waals surface area contributed by atoms with Crippen LogP contribution in [0.2, 0.25) is 0 Å². The zero-order chi connectivity index (χ0) is 42.0. The van der Waals surface area contributed by atoms with E-state index in [0.29, 0.717) is 0 Å². The summed E-state index contributed by atoms with van der Waals surface area (Å²) in [6.07, 6.45) is 0. The van der Waals surface area contributed by atoms with E-state index in [1.165, 1.54) is 9.80 Å². The van der Waals surface area contributed by atoms with Crippen molar-refractivity contribution in [3.05, 3.63) is 0 Å². The third kappa shape index (κ3) is 52.9. The molecule has 5 radical (unpaired) electrons. The molecule has 0 saturated heterocycles. The van der Waals surface area contributed by atoms with Gasteiger partial charge in [0.2, 0.25) is 0 Å². The van der Waals surface area contributed by atoms with Crippen LogP contribution in [-0.4, -0.2) is 207 Å². The maximum atomic E-state index is 10.8. The number of aliphatic carboxylic acids is 10. The molecule has 0 aliphatic heterocycles. The average Bonchev–Trinajstić information content (AvgIpc) is 2.97. The largest absolute Gasteiger partial charge is 2.00 e. The minimum atomic E-state index is -1.54. The van der Waals surface area contributed by atoms with Crippen molar-refractivity contribution < 1.29 is 346 Å². The smallest absolute Gasteiger partial charge is 0.549 e. The van der Waals surface area contributed by atoms with Crippen LogP contribution in [0.25, 0.3) is 0 Å². The van der Waals surface area contributed by atoms with Crippen molar-refractivity contribution in [2.75, 3.05) is 118 Å². The van der Waals surface area contributed by atoms with E-state index in [1.807, 2.05) is 0 Å². The molecule has 0 saturated carbocycles. The molecule has 0 heterocycles. The summed E-state index contributed by atoms with van der Waals surface area (Å²) in [4.78, 5) is 113. The van der Waals surface area contributed by atoms with E-state index in [9.17, 15) is 99.0 Å². The third-order valence-electron chi connectivity index (χ3n) is 6.46. The van der Waals surface area contributed by atoms with Gasteiger partial charge in [0, 0.05) is 118 Å². The van der Waals surface area contributed by atoms with Crippen molar-refractivity contribution in [2.24, 2.45) is 0 Å². The summed E-state index contributed by atoms with van der Waals surface area (Å²) >= 11 is 0. The Kier molecular flexibility index (Phi) is 58.4. The number of hydrogen-bond donors (Lipinski definition) is 0. The molecule has 0 aliphatic carbocycles. The Labute approximate surface area is 541 Å². The normalized spacial score (nSPS) is 10.1. The first-order valence-corrected chi connectivity index (χ1v) is 15.3. The van der Waals surface area contributed by atoms with E-state index in [2.05, 4.69) is 0 Å². The average molecular weight is 1540 g/mol. The fourth-order valence-electron chi connectivity index (χ4n) is 4.35. The van der Waals surface area contributed by atoms with Crippen LogP contribution in [-0.2, 0) is 47.9 Å². The third-order valence-corrected chi connectivity index (χ3v) is 6.46. The van der Waals surface area contributed by atoms with Crippen molar-refractivity contribution in [3.8, 4) is 0 Å². The van der Waals surface area contributed by atoms with Gasteiger partial charge < -0.3 is 99.0 Å². The van der Waals surface area contributed by atoms with Crippen molar-refractivity contribution >= 4 is 59.7 Å². The molecule has 26 nitrogen and oxygen atoms in total. The summed E-state index contributed by atoms with van der Waals surface area (Å²) in [6.45, 7) is -8.32. The first-order chi connectivity index (χ1) is 25.0. The van der Waals surface area contributed by atoms with Crippen molar-refractivity contribution in [1.82, 2.24) is 29.4 Å². The first kappa shape index (κ1) is 75.7. The van der Waals surface area contributed by atoms with Crippen LogP contribution in [0.3, 0.4) is 0 Å². The Bertz CT molecular complexity index is 1080. The van der Waals surface area contributed by atoms with Crippen molar-refractivity contribution in [2.45, 2.75) is 0 Å². The predicted octanol–water partition coefficient (Wildman–Crippen LogP) is -18.7. The SMILES string of the molecule is O=C([O-])CN(CCN(CC(=O)[O-])CC(=O)[O-])CCN(CC(=O)[O-])CC(=O)[O-].O=C([O-])CN(CCN(CC(=O)[O-])CC(=O)[O-])CCN(CC(=O)[O-])CC(=O)[O-].[Eu+2].[Eu+2].[Eu+2].[Eu+2].[Eu+2]. The van der Waals surface area contributed by atoms with Crippen LogP contribution < -0.4 is 51.1 Å². The zero-order valence-electron chi connectivity index (χ0n) is 30.5. The summed E-state index contributed by atoms with van der Waals surface area (Å²) in [5.41, 5.74) is 0. The number of rotatable bonds is 32. The van der Waals surface area contributed by atoms with E-state index in [4.69, 9.17) is 0 Å². The second-order valence-electron chi connectivity index (χ2n) is 11.1. The molecule has 0 aromatic rings. The van der Waals surface area contributed by atoms with E-state index in [0.717, 1.165) is 19.6 Å². The Hall–Kier alpha value is 2.38. The maximum absolute atomic E-state index is 10.8. The fourth-order valence-corrected chi connectivity index (χ4v) is 4.35. The second kappa shape index (κ2) is 45.5. The topological polar surface area (TPSA) is 421 Å². The first-order valence-electron chi connectivity index (χ1n) is 15.3. The minimum Gasteiger partial charge on any atom is -0.549 e. The van der Waals surface area contributed by atoms with Gasteiger partial charge in [0.25, 0.3) is 0 Å². The summed E-state index contributed by atoms with van der Waals surface area (Å²) in [5, 5.41) is 107. The Morgan fingerprint density at radius 1 is 0.203 bits per heavy atom. The fraction of sp³-hybridized carbons (Fsp3) is 0.643. The Morgan fingerprint density at radius 3 is 0.390 bits per heavy atom. The van der Waals surface area contributed by atoms with Gasteiger partial charge in [0.15, 0.2) is 0 Å². The molecule has 0 fully saturated rings. The molecule has 0 amide bonds. The summed E-state index contributed by atoms with van der Waals surface area (Å²) < 4.78 is 0. The van der Waals surface area contributed by atoms with Gasteiger partial charge in [-0.25, -0.2) is 0 Å². The Balaban J connectivity index is -0.000000169. The van der Waals surface area contributed by atoms with Crippen LogP contribution >= 0.6 is 0 Å². The number of carbonyl (C=O) groups is 10. The Morgan fingerprint density at radius 2 is 0.288 bits per heavy atom. The second-order valence-corrected chi connectivity index (χ2v) is 11.1. The molecule has 0 N–H and O–H groups in total. The minimum absolute atomic E-state index is 0. The molecule has 0 aromatic heterocycles.